The smallest absolute Gasteiger partial charge is 0.259 e. The van der Waals surface area contributed by atoms with Gasteiger partial charge in [-0.25, -0.2) is 4.39 Å². The number of carbonyl (C=O) groups is 1. The number of nitrogens with zero attached hydrogens (tertiary/aromatic N) is 4. The van der Waals surface area contributed by atoms with Crippen LogP contribution in [0.3, 0.4) is 0 Å². The minimum absolute atomic E-state index is 0.165. The Bertz CT molecular complexity index is 1250. The highest BCUT2D eigenvalue weighted by molar-refractivity contribution is 6.10. The van der Waals surface area contributed by atoms with E-state index in [-0.39, 0.29) is 5.91 Å². The van der Waals surface area contributed by atoms with Crippen LogP contribution in [-0.2, 0) is 20.0 Å². The number of halogens is 1. The van der Waals surface area contributed by atoms with E-state index in [4.69, 9.17) is 0 Å². The van der Waals surface area contributed by atoms with Gasteiger partial charge in [0.25, 0.3) is 5.91 Å². The SMILES string of the molecule is Cn1cc(-c2ccc(Cc3ccc4c(c3)C(=O)N(c3ccccc3F)C4)cn2)cn1. The predicted octanol–water partition coefficient (Wildman–Crippen LogP) is 4.37. The minimum Gasteiger partial charge on any atom is -0.301 e. The van der Waals surface area contributed by atoms with E-state index in [0.717, 1.165) is 27.9 Å². The van der Waals surface area contributed by atoms with E-state index in [2.05, 4.69) is 10.1 Å². The van der Waals surface area contributed by atoms with Crippen molar-refractivity contribution >= 4 is 11.6 Å². The number of benzene rings is 2. The summed E-state index contributed by atoms with van der Waals surface area (Å²) in [6, 6.07) is 16.3. The molecule has 0 bridgehead atoms. The standard InChI is InChI=1S/C24H19FN4O/c1-28-14-19(13-27-28)22-9-7-17(12-26-22)10-16-6-8-18-15-29(24(30)20(18)11-16)23-5-3-2-4-21(23)25/h2-9,11-14H,10,15H2,1H3. The van der Waals surface area contributed by atoms with E-state index in [1.165, 1.54) is 11.0 Å². The maximum atomic E-state index is 14.2. The first-order valence-electron chi connectivity index (χ1n) is 9.70. The molecule has 0 N–H and O–H groups in total. The average molecular weight is 398 g/mol. The molecule has 148 valence electrons. The predicted molar refractivity (Wildman–Crippen MR) is 113 cm³/mol. The molecule has 0 fully saturated rings. The zero-order chi connectivity index (χ0) is 20.7. The van der Waals surface area contributed by atoms with Crippen molar-refractivity contribution in [2.24, 2.45) is 7.05 Å². The molecule has 0 atom stereocenters. The maximum absolute atomic E-state index is 14.2. The lowest BCUT2D eigenvalue weighted by Gasteiger charge is -2.16. The van der Waals surface area contributed by atoms with Crippen molar-refractivity contribution in [1.29, 1.82) is 0 Å². The molecule has 3 heterocycles. The topological polar surface area (TPSA) is 51.0 Å². The summed E-state index contributed by atoms with van der Waals surface area (Å²) in [5.74, 6) is -0.555. The maximum Gasteiger partial charge on any atom is 0.259 e. The van der Waals surface area contributed by atoms with Crippen molar-refractivity contribution in [3.8, 4) is 11.3 Å². The summed E-state index contributed by atoms with van der Waals surface area (Å²) in [6.07, 6.45) is 6.23. The molecule has 2 aromatic heterocycles. The molecule has 0 saturated heterocycles. The Balaban J connectivity index is 1.36. The largest absolute Gasteiger partial charge is 0.301 e. The van der Waals surface area contributed by atoms with Crippen LogP contribution in [0.1, 0.15) is 27.0 Å². The van der Waals surface area contributed by atoms with E-state index in [1.807, 2.05) is 49.8 Å². The lowest BCUT2D eigenvalue weighted by atomic mass is 10.0. The summed E-state index contributed by atoms with van der Waals surface area (Å²) in [7, 11) is 1.88. The number of aryl methyl sites for hydroxylation is 1. The van der Waals surface area contributed by atoms with Gasteiger partial charge in [-0.2, -0.15) is 5.10 Å². The van der Waals surface area contributed by atoms with Crippen LogP contribution in [0.4, 0.5) is 10.1 Å². The van der Waals surface area contributed by atoms with Gasteiger partial charge < -0.3 is 4.90 Å². The van der Waals surface area contributed by atoms with E-state index in [9.17, 15) is 9.18 Å². The molecular weight excluding hydrogens is 379 g/mol. The molecule has 4 aromatic rings. The van der Waals surface area contributed by atoms with Crippen LogP contribution >= 0.6 is 0 Å². The zero-order valence-corrected chi connectivity index (χ0v) is 16.4. The fourth-order valence-corrected chi connectivity index (χ4v) is 3.81. The number of rotatable bonds is 4. The van der Waals surface area contributed by atoms with Crippen molar-refractivity contribution in [2.45, 2.75) is 13.0 Å². The average Bonchev–Trinajstić information content (AvgIpc) is 3.33. The number of fused-ring (bicyclic) bond motifs is 1. The van der Waals surface area contributed by atoms with Crippen molar-refractivity contribution in [3.05, 3.63) is 101 Å². The van der Waals surface area contributed by atoms with Crippen LogP contribution < -0.4 is 4.90 Å². The molecule has 30 heavy (non-hydrogen) atoms. The third-order valence-electron chi connectivity index (χ3n) is 5.36. The first-order chi connectivity index (χ1) is 14.6. The Kier molecular flexibility index (Phi) is 4.39. The van der Waals surface area contributed by atoms with E-state index in [1.54, 1.807) is 29.1 Å². The molecule has 0 saturated carbocycles. The first-order valence-corrected chi connectivity index (χ1v) is 9.70. The second kappa shape index (κ2) is 7.22. The van der Waals surface area contributed by atoms with Gasteiger partial charge in [0.1, 0.15) is 5.82 Å². The molecule has 1 aliphatic heterocycles. The summed E-state index contributed by atoms with van der Waals surface area (Å²) < 4.78 is 15.9. The third kappa shape index (κ3) is 3.26. The van der Waals surface area contributed by atoms with Gasteiger partial charge in [-0.1, -0.05) is 30.3 Å². The summed E-state index contributed by atoms with van der Waals surface area (Å²) in [6.45, 7) is 0.386. The number of hydrogen-bond donors (Lipinski definition) is 0. The van der Waals surface area contributed by atoms with Crippen LogP contribution in [0.2, 0.25) is 0 Å². The van der Waals surface area contributed by atoms with Gasteiger partial charge in [0.15, 0.2) is 0 Å². The molecule has 0 aliphatic carbocycles. The molecule has 6 heteroatoms. The summed E-state index contributed by atoms with van der Waals surface area (Å²) in [5, 5.41) is 4.17. The number of para-hydroxylation sites is 1. The van der Waals surface area contributed by atoms with Gasteiger partial charge in [-0.3, -0.25) is 14.5 Å². The van der Waals surface area contributed by atoms with Crippen molar-refractivity contribution in [1.82, 2.24) is 14.8 Å². The summed E-state index contributed by atoms with van der Waals surface area (Å²) in [5.41, 5.74) is 5.78. The van der Waals surface area contributed by atoms with Gasteiger partial charge >= 0.3 is 0 Å². The molecular formula is C24H19FN4O. The number of amides is 1. The van der Waals surface area contributed by atoms with Crippen LogP contribution in [0.15, 0.2) is 73.2 Å². The van der Waals surface area contributed by atoms with E-state index >= 15 is 0 Å². The normalized spacial score (nSPS) is 13.0. The number of pyridine rings is 1. The Hall–Kier alpha value is -3.80. The minimum atomic E-state index is -0.390. The van der Waals surface area contributed by atoms with Crippen molar-refractivity contribution < 1.29 is 9.18 Å². The number of anilines is 1. The molecule has 5 nitrogen and oxygen atoms in total. The monoisotopic (exact) mass is 398 g/mol. The quantitative estimate of drug-likeness (QED) is 0.513. The number of aromatic nitrogens is 3. The number of hydrogen-bond acceptors (Lipinski definition) is 3. The lowest BCUT2D eigenvalue weighted by Crippen LogP contribution is -2.24. The summed E-state index contributed by atoms with van der Waals surface area (Å²) >= 11 is 0. The molecule has 0 radical (unpaired) electrons. The van der Waals surface area contributed by atoms with Gasteiger partial charge in [-0.15, -0.1) is 0 Å². The highest BCUT2D eigenvalue weighted by atomic mass is 19.1. The highest BCUT2D eigenvalue weighted by Gasteiger charge is 2.30. The van der Waals surface area contributed by atoms with Gasteiger partial charge in [0, 0.05) is 30.6 Å². The molecule has 1 aliphatic rings. The van der Waals surface area contributed by atoms with Crippen LogP contribution in [-0.4, -0.2) is 20.7 Å². The highest BCUT2D eigenvalue weighted by Crippen LogP contribution is 2.31. The van der Waals surface area contributed by atoms with E-state index in [0.29, 0.717) is 24.2 Å². The van der Waals surface area contributed by atoms with Crippen LogP contribution in [0.5, 0.6) is 0 Å². The molecule has 5 rings (SSSR count). The molecule has 0 unspecified atom stereocenters. The van der Waals surface area contributed by atoms with E-state index < -0.39 is 5.82 Å². The Morgan fingerprint density at radius 1 is 1.03 bits per heavy atom. The molecule has 1 amide bonds. The lowest BCUT2D eigenvalue weighted by molar-refractivity contribution is 0.0995. The van der Waals surface area contributed by atoms with Gasteiger partial charge in [-0.05, 0) is 47.4 Å². The van der Waals surface area contributed by atoms with Crippen LogP contribution in [0.25, 0.3) is 11.3 Å². The summed E-state index contributed by atoms with van der Waals surface area (Å²) in [4.78, 5) is 18.9. The molecule has 0 spiro atoms. The van der Waals surface area contributed by atoms with Crippen LogP contribution in [0, 0.1) is 5.82 Å². The Labute approximate surface area is 173 Å². The number of carbonyl (C=O) groups excluding carboxylic acids is 1. The van der Waals surface area contributed by atoms with Crippen molar-refractivity contribution in [2.75, 3.05) is 4.90 Å². The zero-order valence-electron chi connectivity index (χ0n) is 16.4. The third-order valence-corrected chi connectivity index (χ3v) is 5.36. The van der Waals surface area contributed by atoms with Gasteiger partial charge in [0.2, 0.25) is 0 Å². The second-order valence-electron chi connectivity index (χ2n) is 7.47. The van der Waals surface area contributed by atoms with Crippen molar-refractivity contribution in [3.63, 3.8) is 0 Å². The fraction of sp³-hybridized carbons (Fsp3) is 0.125. The second-order valence-corrected chi connectivity index (χ2v) is 7.47. The Morgan fingerprint density at radius 2 is 1.87 bits per heavy atom. The van der Waals surface area contributed by atoms with Gasteiger partial charge in [0.05, 0.1) is 24.1 Å². The Morgan fingerprint density at radius 3 is 2.60 bits per heavy atom. The fourth-order valence-electron chi connectivity index (χ4n) is 3.81. The first kappa shape index (κ1) is 18.2. The molecule has 2 aromatic carbocycles.